The molecule has 0 aliphatic heterocycles. The highest BCUT2D eigenvalue weighted by molar-refractivity contribution is 6.32. The van der Waals surface area contributed by atoms with Gasteiger partial charge in [0.1, 0.15) is 6.04 Å². The van der Waals surface area contributed by atoms with E-state index in [9.17, 15) is 22.8 Å². The molecule has 2 heterocycles. The first-order chi connectivity index (χ1) is 11.6. The predicted molar refractivity (Wildman–Crippen MR) is 80.6 cm³/mol. The van der Waals surface area contributed by atoms with E-state index >= 15 is 0 Å². The molecular weight excluding hydrogens is 365 g/mol. The van der Waals surface area contributed by atoms with Crippen molar-refractivity contribution < 1.29 is 27.9 Å². The largest absolute Gasteiger partial charge is 0.480 e. The Labute approximate surface area is 144 Å². The van der Waals surface area contributed by atoms with Crippen LogP contribution in [0.4, 0.5) is 13.2 Å². The summed E-state index contributed by atoms with van der Waals surface area (Å²) in [6, 6.07) is 1.43. The van der Waals surface area contributed by atoms with Gasteiger partial charge in [-0.05, 0) is 19.1 Å². The fourth-order valence-corrected chi connectivity index (χ4v) is 2.20. The van der Waals surface area contributed by atoms with Gasteiger partial charge in [-0.3, -0.25) is 4.79 Å². The number of halogens is 4. The first-order valence-corrected chi connectivity index (χ1v) is 7.19. The molecule has 2 rings (SSSR count). The van der Waals surface area contributed by atoms with Crippen molar-refractivity contribution in [3.8, 4) is 5.82 Å². The van der Waals surface area contributed by atoms with Gasteiger partial charge in [0.25, 0.3) is 5.91 Å². The highest BCUT2D eigenvalue weighted by Gasteiger charge is 2.42. The van der Waals surface area contributed by atoms with Crippen LogP contribution in [0.5, 0.6) is 0 Å². The van der Waals surface area contributed by atoms with Crippen LogP contribution < -0.4 is 0 Å². The average Bonchev–Trinajstić information content (AvgIpc) is 2.98. The van der Waals surface area contributed by atoms with E-state index in [1.165, 1.54) is 25.3 Å². The number of carbonyl (C=O) groups is 2. The summed E-state index contributed by atoms with van der Waals surface area (Å²) in [6.45, 7) is 1.17. The average molecular weight is 377 g/mol. The number of carboxylic acid groups (broad SMARTS) is 1. The molecule has 1 amide bonds. The summed E-state index contributed by atoms with van der Waals surface area (Å²) in [5.74, 6) is -2.80. The number of aromatic nitrogens is 3. The Morgan fingerprint density at radius 1 is 1.40 bits per heavy atom. The van der Waals surface area contributed by atoms with E-state index in [0.29, 0.717) is 15.8 Å². The predicted octanol–water partition coefficient (Wildman–Crippen LogP) is 2.48. The first-order valence-electron chi connectivity index (χ1n) is 6.81. The lowest BCUT2D eigenvalue weighted by molar-refractivity contribution is -0.143. The number of rotatable bonds is 4. The van der Waals surface area contributed by atoms with Crippen LogP contribution in [0.1, 0.15) is 23.0 Å². The molecule has 2 aromatic rings. The van der Waals surface area contributed by atoms with E-state index in [-0.39, 0.29) is 10.8 Å². The Morgan fingerprint density at radius 2 is 2.04 bits per heavy atom. The lowest BCUT2D eigenvalue weighted by atomic mass is 10.2. The maximum atomic E-state index is 13.5. The molecule has 0 saturated carbocycles. The third kappa shape index (κ3) is 3.58. The summed E-state index contributed by atoms with van der Waals surface area (Å²) < 4.78 is 41.0. The van der Waals surface area contributed by atoms with Gasteiger partial charge < -0.3 is 10.0 Å². The van der Waals surface area contributed by atoms with Crippen LogP contribution in [0, 0.1) is 0 Å². The third-order valence-corrected chi connectivity index (χ3v) is 3.76. The Morgan fingerprint density at radius 3 is 2.56 bits per heavy atom. The second-order valence-electron chi connectivity index (χ2n) is 5.06. The molecule has 7 nitrogen and oxygen atoms in total. The van der Waals surface area contributed by atoms with Crippen molar-refractivity contribution in [1.29, 1.82) is 0 Å². The minimum atomic E-state index is -4.95. The van der Waals surface area contributed by atoms with Gasteiger partial charge in [-0.2, -0.15) is 18.3 Å². The fraction of sp³-hybridized carbons (Fsp3) is 0.286. The van der Waals surface area contributed by atoms with Gasteiger partial charge in [-0.15, -0.1) is 0 Å². The molecule has 1 atom stereocenters. The Bertz CT molecular complexity index is 822. The van der Waals surface area contributed by atoms with Crippen LogP contribution in [-0.2, 0) is 11.0 Å². The lowest BCUT2D eigenvalue weighted by Crippen LogP contribution is -2.40. The van der Waals surface area contributed by atoms with Crippen molar-refractivity contribution in [1.82, 2.24) is 19.7 Å². The van der Waals surface area contributed by atoms with Crippen molar-refractivity contribution >= 4 is 23.5 Å². The van der Waals surface area contributed by atoms with Gasteiger partial charge in [-0.25, -0.2) is 14.5 Å². The minimum absolute atomic E-state index is 0.0950. The first kappa shape index (κ1) is 18.7. The van der Waals surface area contributed by atoms with Crippen molar-refractivity contribution in [2.75, 3.05) is 7.05 Å². The number of carbonyl (C=O) groups excluding carboxylic acids is 1. The molecule has 0 aromatic carbocycles. The second-order valence-corrected chi connectivity index (χ2v) is 5.46. The van der Waals surface area contributed by atoms with Crippen LogP contribution in [-0.4, -0.2) is 49.7 Å². The molecule has 0 saturated heterocycles. The quantitative estimate of drug-likeness (QED) is 0.885. The maximum absolute atomic E-state index is 13.5. The van der Waals surface area contributed by atoms with Gasteiger partial charge >= 0.3 is 12.1 Å². The Hall–Kier alpha value is -2.62. The topological polar surface area (TPSA) is 88.3 Å². The number of nitrogens with zero attached hydrogens (tertiary/aromatic N) is 4. The number of aliphatic carboxylic acids is 1. The van der Waals surface area contributed by atoms with Crippen LogP contribution >= 0.6 is 11.6 Å². The van der Waals surface area contributed by atoms with E-state index in [0.717, 1.165) is 7.05 Å². The van der Waals surface area contributed by atoms with Crippen LogP contribution in [0.25, 0.3) is 5.82 Å². The number of pyridine rings is 1. The highest BCUT2D eigenvalue weighted by Crippen LogP contribution is 2.35. The molecule has 2 aromatic heterocycles. The molecule has 11 heteroatoms. The third-order valence-electron chi connectivity index (χ3n) is 3.47. The van der Waals surface area contributed by atoms with Crippen molar-refractivity contribution in [2.24, 2.45) is 0 Å². The van der Waals surface area contributed by atoms with Gasteiger partial charge in [0.15, 0.2) is 11.5 Å². The molecule has 134 valence electrons. The Kier molecular flexibility index (Phi) is 5.02. The van der Waals surface area contributed by atoms with Crippen molar-refractivity contribution in [3.05, 3.63) is 40.8 Å². The number of alkyl halides is 3. The molecule has 1 N–H and O–H groups in total. The number of hydrogen-bond donors (Lipinski definition) is 1. The van der Waals surface area contributed by atoms with E-state index in [1.807, 2.05) is 0 Å². The van der Waals surface area contributed by atoms with Crippen LogP contribution in [0.2, 0.25) is 5.02 Å². The van der Waals surface area contributed by atoms with Crippen molar-refractivity contribution in [3.63, 3.8) is 0 Å². The lowest BCUT2D eigenvalue weighted by Gasteiger charge is -2.22. The summed E-state index contributed by atoms with van der Waals surface area (Å²) in [6.07, 6.45) is -3.01. The zero-order chi connectivity index (χ0) is 18.9. The normalized spacial score (nSPS) is 12.7. The summed E-state index contributed by atoms with van der Waals surface area (Å²) in [5.41, 5.74) is -2.19. The molecule has 0 radical (unpaired) electrons. The van der Waals surface area contributed by atoms with Crippen LogP contribution in [0.3, 0.4) is 0 Å². The van der Waals surface area contributed by atoms with Crippen molar-refractivity contribution in [2.45, 2.75) is 19.1 Å². The molecule has 1 unspecified atom stereocenters. The molecule has 0 fully saturated rings. The number of amides is 1. The van der Waals surface area contributed by atoms with Gasteiger partial charge in [0.05, 0.1) is 16.8 Å². The minimum Gasteiger partial charge on any atom is -0.480 e. The molecular formula is C14H12ClF3N4O3. The van der Waals surface area contributed by atoms with Gasteiger partial charge in [0, 0.05) is 13.2 Å². The monoisotopic (exact) mass is 376 g/mol. The zero-order valence-corrected chi connectivity index (χ0v) is 13.7. The summed E-state index contributed by atoms with van der Waals surface area (Å²) in [7, 11) is 1.09. The fourth-order valence-electron chi connectivity index (χ4n) is 2.00. The van der Waals surface area contributed by atoms with E-state index in [1.54, 1.807) is 0 Å². The molecule has 0 spiro atoms. The Balaban J connectivity index is 2.60. The smallest absolute Gasteiger partial charge is 0.434 e. The maximum Gasteiger partial charge on any atom is 0.434 e. The number of hydrogen-bond acceptors (Lipinski definition) is 4. The van der Waals surface area contributed by atoms with E-state index in [2.05, 4.69) is 10.1 Å². The summed E-state index contributed by atoms with van der Waals surface area (Å²) in [5, 5.41) is 12.4. The van der Waals surface area contributed by atoms with Crippen LogP contribution in [0.15, 0.2) is 24.5 Å². The molecule has 0 bridgehead atoms. The van der Waals surface area contributed by atoms with Gasteiger partial charge in [0.2, 0.25) is 0 Å². The second kappa shape index (κ2) is 6.71. The summed E-state index contributed by atoms with van der Waals surface area (Å²) >= 11 is 5.86. The van der Waals surface area contributed by atoms with E-state index < -0.39 is 35.4 Å². The zero-order valence-electron chi connectivity index (χ0n) is 13.0. The number of carboxylic acids is 1. The standard InChI is InChI=1S/C14H12ClF3N4O3/c1-7(13(24)25)21(2)12(23)8-6-20-22(10(8)14(16,17)18)11-9(15)4-3-5-19-11/h3-7H,1-2H3,(H,24,25). The van der Waals surface area contributed by atoms with E-state index in [4.69, 9.17) is 16.7 Å². The molecule has 0 aliphatic carbocycles. The molecule has 25 heavy (non-hydrogen) atoms. The summed E-state index contributed by atoms with van der Waals surface area (Å²) in [4.78, 5) is 27.7. The SMILES string of the molecule is CC(C(=O)O)N(C)C(=O)c1cnn(-c2ncccc2Cl)c1C(F)(F)F. The number of likely N-dealkylation sites (N-methyl/N-ethyl adjacent to an activating group) is 1. The highest BCUT2D eigenvalue weighted by atomic mass is 35.5. The molecule has 0 aliphatic rings. The van der Waals surface area contributed by atoms with Gasteiger partial charge in [-0.1, -0.05) is 11.6 Å².